The molecule has 1 amide bonds. The summed E-state index contributed by atoms with van der Waals surface area (Å²) in [5.41, 5.74) is -0.633. The van der Waals surface area contributed by atoms with Crippen LogP contribution in [0.25, 0.3) is 0 Å². The number of carbonyl (C=O) groups is 1. The number of nitrogens with one attached hydrogen (secondary N) is 1. The van der Waals surface area contributed by atoms with Crippen LogP contribution >= 0.6 is 0 Å². The van der Waals surface area contributed by atoms with Crippen molar-refractivity contribution < 1.29 is 24.1 Å². The van der Waals surface area contributed by atoms with Crippen LogP contribution in [0.2, 0.25) is 0 Å². The van der Waals surface area contributed by atoms with Crippen molar-refractivity contribution in [1.82, 2.24) is 5.32 Å². The Morgan fingerprint density at radius 1 is 1.29 bits per heavy atom. The number of benzene rings is 1. The molecule has 0 saturated carbocycles. The van der Waals surface area contributed by atoms with E-state index in [1.54, 1.807) is 39.3 Å². The molecule has 6 nitrogen and oxygen atoms in total. The van der Waals surface area contributed by atoms with Gasteiger partial charge in [0, 0.05) is 32.7 Å². The summed E-state index contributed by atoms with van der Waals surface area (Å²) in [5, 5.41) is 12.8. The molecule has 2 N–H and O–H groups in total. The molecule has 1 atom stereocenters. The summed E-state index contributed by atoms with van der Waals surface area (Å²) in [5.74, 6) is 0.714. The van der Waals surface area contributed by atoms with Crippen molar-refractivity contribution in [2.45, 2.75) is 18.9 Å². The van der Waals surface area contributed by atoms with Gasteiger partial charge in [0.2, 0.25) is 0 Å². The molecular formula is C15H23NO5. The lowest BCUT2D eigenvalue weighted by Crippen LogP contribution is -2.41. The van der Waals surface area contributed by atoms with Crippen LogP contribution in [0.5, 0.6) is 11.5 Å². The average Bonchev–Trinajstić information content (AvgIpc) is 2.50. The smallest absolute Gasteiger partial charge is 0.255 e. The normalized spacial score (nSPS) is 13.4. The topological polar surface area (TPSA) is 77.0 Å². The zero-order chi connectivity index (χ0) is 15.9. The number of methoxy groups -OCH3 is 3. The average molecular weight is 297 g/mol. The van der Waals surface area contributed by atoms with Gasteiger partial charge in [-0.3, -0.25) is 4.79 Å². The molecule has 1 aromatic rings. The van der Waals surface area contributed by atoms with Gasteiger partial charge in [-0.15, -0.1) is 0 Å². The fourth-order valence-corrected chi connectivity index (χ4v) is 1.76. The van der Waals surface area contributed by atoms with Crippen molar-refractivity contribution in [3.05, 3.63) is 23.8 Å². The molecule has 118 valence electrons. The van der Waals surface area contributed by atoms with Crippen LogP contribution in [0, 0.1) is 0 Å². The maximum absolute atomic E-state index is 12.2. The minimum Gasteiger partial charge on any atom is -0.497 e. The van der Waals surface area contributed by atoms with E-state index in [1.807, 2.05) is 0 Å². The maximum Gasteiger partial charge on any atom is 0.255 e. The van der Waals surface area contributed by atoms with Crippen molar-refractivity contribution in [1.29, 1.82) is 0 Å². The second-order valence-electron chi connectivity index (χ2n) is 4.99. The first kappa shape index (κ1) is 17.3. The van der Waals surface area contributed by atoms with Gasteiger partial charge in [0.05, 0.1) is 25.4 Å². The Balaban J connectivity index is 2.71. The van der Waals surface area contributed by atoms with E-state index >= 15 is 0 Å². The Morgan fingerprint density at radius 2 is 2.00 bits per heavy atom. The number of aliphatic hydroxyl groups is 1. The predicted molar refractivity (Wildman–Crippen MR) is 79.0 cm³/mol. The maximum atomic E-state index is 12.2. The summed E-state index contributed by atoms with van der Waals surface area (Å²) in [6.45, 7) is 2.21. The molecule has 1 rings (SSSR count). The molecular weight excluding hydrogens is 274 g/mol. The zero-order valence-corrected chi connectivity index (χ0v) is 12.9. The van der Waals surface area contributed by atoms with E-state index in [0.717, 1.165) is 0 Å². The van der Waals surface area contributed by atoms with Gasteiger partial charge < -0.3 is 24.6 Å². The van der Waals surface area contributed by atoms with E-state index in [2.05, 4.69) is 5.32 Å². The van der Waals surface area contributed by atoms with E-state index in [4.69, 9.17) is 14.2 Å². The molecule has 0 saturated heterocycles. The third-order valence-corrected chi connectivity index (χ3v) is 3.13. The lowest BCUT2D eigenvalue weighted by Gasteiger charge is -2.23. The Morgan fingerprint density at radius 3 is 2.57 bits per heavy atom. The molecule has 1 aromatic carbocycles. The second kappa shape index (κ2) is 7.85. The summed E-state index contributed by atoms with van der Waals surface area (Å²) in [7, 11) is 4.60. The van der Waals surface area contributed by atoms with Gasteiger partial charge >= 0.3 is 0 Å². The number of rotatable bonds is 8. The van der Waals surface area contributed by atoms with E-state index < -0.39 is 5.60 Å². The SMILES string of the molecule is COCCC(C)(O)CNC(=O)c1ccc(OC)cc1OC. The van der Waals surface area contributed by atoms with Gasteiger partial charge in [-0.1, -0.05) is 0 Å². The molecule has 0 heterocycles. The van der Waals surface area contributed by atoms with Crippen LogP contribution in [0.4, 0.5) is 0 Å². The molecule has 21 heavy (non-hydrogen) atoms. The lowest BCUT2D eigenvalue weighted by molar-refractivity contribution is 0.0243. The lowest BCUT2D eigenvalue weighted by atomic mass is 10.0. The van der Waals surface area contributed by atoms with Crippen LogP contribution in [-0.2, 0) is 4.74 Å². The second-order valence-corrected chi connectivity index (χ2v) is 4.99. The van der Waals surface area contributed by atoms with Crippen molar-refractivity contribution in [2.75, 3.05) is 34.5 Å². The van der Waals surface area contributed by atoms with Crippen LogP contribution < -0.4 is 14.8 Å². The summed E-state index contributed by atoms with van der Waals surface area (Å²) < 4.78 is 15.2. The molecule has 0 fully saturated rings. The molecule has 0 bridgehead atoms. The minimum absolute atomic E-state index is 0.129. The van der Waals surface area contributed by atoms with E-state index in [0.29, 0.717) is 30.1 Å². The third-order valence-electron chi connectivity index (χ3n) is 3.13. The van der Waals surface area contributed by atoms with Gasteiger partial charge in [-0.05, 0) is 19.1 Å². The van der Waals surface area contributed by atoms with Crippen molar-refractivity contribution in [2.24, 2.45) is 0 Å². The number of carbonyl (C=O) groups excluding carboxylic acids is 1. The van der Waals surface area contributed by atoms with Crippen molar-refractivity contribution in [3.63, 3.8) is 0 Å². The summed E-state index contributed by atoms with van der Waals surface area (Å²) in [6, 6.07) is 4.94. The van der Waals surface area contributed by atoms with E-state index in [-0.39, 0.29) is 12.5 Å². The first-order valence-corrected chi connectivity index (χ1v) is 6.65. The molecule has 6 heteroatoms. The highest BCUT2D eigenvalue weighted by Gasteiger charge is 2.22. The molecule has 0 aliphatic rings. The summed E-state index contributed by atoms with van der Waals surface area (Å²) in [6.07, 6.45) is 0.434. The number of ether oxygens (including phenoxy) is 3. The van der Waals surface area contributed by atoms with Gasteiger partial charge in [-0.2, -0.15) is 0 Å². The van der Waals surface area contributed by atoms with E-state index in [1.165, 1.54) is 7.11 Å². The monoisotopic (exact) mass is 297 g/mol. The fourth-order valence-electron chi connectivity index (χ4n) is 1.76. The zero-order valence-electron chi connectivity index (χ0n) is 12.9. The Kier molecular flexibility index (Phi) is 6.45. The van der Waals surface area contributed by atoms with Crippen LogP contribution in [0.3, 0.4) is 0 Å². The molecule has 1 unspecified atom stereocenters. The van der Waals surface area contributed by atoms with Crippen LogP contribution in [-0.4, -0.2) is 51.1 Å². The molecule has 0 aromatic heterocycles. The van der Waals surface area contributed by atoms with Crippen molar-refractivity contribution in [3.8, 4) is 11.5 Å². The quantitative estimate of drug-likeness (QED) is 0.754. The standard InChI is InChI=1S/C15H23NO5/c1-15(18,7-8-19-2)10-16-14(17)12-6-5-11(20-3)9-13(12)21-4/h5-6,9,18H,7-8,10H2,1-4H3,(H,16,17). The Bertz CT molecular complexity index is 473. The highest BCUT2D eigenvalue weighted by molar-refractivity contribution is 5.97. The summed E-state index contributed by atoms with van der Waals surface area (Å²) >= 11 is 0. The molecule has 0 aliphatic heterocycles. The highest BCUT2D eigenvalue weighted by atomic mass is 16.5. The minimum atomic E-state index is -1.02. The van der Waals surface area contributed by atoms with E-state index in [9.17, 15) is 9.90 Å². The first-order valence-electron chi connectivity index (χ1n) is 6.65. The van der Waals surface area contributed by atoms with Crippen molar-refractivity contribution >= 4 is 5.91 Å². The van der Waals surface area contributed by atoms with Gasteiger partial charge in [-0.25, -0.2) is 0 Å². The number of amides is 1. The summed E-state index contributed by atoms with van der Waals surface area (Å²) in [4.78, 5) is 12.2. The first-order chi connectivity index (χ1) is 9.93. The third kappa shape index (κ3) is 5.24. The van der Waals surface area contributed by atoms with Crippen LogP contribution in [0.1, 0.15) is 23.7 Å². The van der Waals surface area contributed by atoms with Gasteiger partial charge in [0.15, 0.2) is 0 Å². The molecule has 0 aliphatic carbocycles. The predicted octanol–water partition coefficient (Wildman–Crippen LogP) is 1.22. The number of hydrogen-bond donors (Lipinski definition) is 2. The van der Waals surface area contributed by atoms with Gasteiger partial charge in [0.1, 0.15) is 11.5 Å². The largest absolute Gasteiger partial charge is 0.497 e. The Hall–Kier alpha value is -1.79. The van der Waals surface area contributed by atoms with Gasteiger partial charge in [0.25, 0.3) is 5.91 Å². The Labute approximate surface area is 125 Å². The highest BCUT2D eigenvalue weighted by Crippen LogP contribution is 2.24. The number of hydrogen-bond acceptors (Lipinski definition) is 5. The molecule has 0 radical (unpaired) electrons. The van der Waals surface area contributed by atoms with Crippen LogP contribution in [0.15, 0.2) is 18.2 Å². The molecule has 0 spiro atoms. The fraction of sp³-hybridized carbons (Fsp3) is 0.533.